The highest BCUT2D eigenvalue weighted by Crippen LogP contribution is 2.65. The fourth-order valence-corrected chi connectivity index (χ4v) is 4.04. The lowest BCUT2D eigenvalue weighted by molar-refractivity contribution is -0.125. The van der Waals surface area contributed by atoms with Gasteiger partial charge in [-0.15, -0.1) is 0 Å². The van der Waals surface area contributed by atoms with Gasteiger partial charge in [-0.2, -0.15) is 0 Å². The van der Waals surface area contributed by atoms with E-state index in [1.165, 1.54) is 0 Å². The number of anilines is 1. The fraction of sp³-hybridized carbons (Fsp3) is 0.444. The van der Waals surface area contributed by atoms with Crippen molar-refractivity contribution >= 4 is 17.4 Å². The monoisotopic (exact) mass is 299 g/mol. The second-order valence-corrected chi connectivity index (χ2v) is 7.07. The van der Waals surface area contributed by atoms with E-state index in [0.717, 1.165) is 18.4 Å². The number of allylic oxidation sites excluding steroid dienone is 1. The fourth-order valence-electron chi connectivity index (χ4n) is 4.04. The van der Waals surface area contributed by atoms with Gasteiger partial charge in [0.2, 0.25) is 0 Å². The van der Waals surface area contributed by atoms with Gasteiger partial charge in [0, 0.05) is 17.2 Å². The summed E-state index contributed by atoms with van der Waals surface area (Å²) in [6, 6.07) is 6.73. The van der Waals surface area contributed by atoms with Crippen LogP contribution in [0.1, 0.15) is 44.0 Å². The van der Waals surface area contributed by atoms with Crippen molar-refractivity contribution in [2.75, 3.05) is 5.32 Å². The maximum atomic E-state index is 12.7. The number of Topliss-reactive ketones (excluding diaryl/α,β-unsaturated/α-hetero) is 1. The van der Waals surface area contributed by atoms with E-state index in [1.54, 1.807) is 30.5 Å². The second-order valence-electron chi connectivity index (χ2n) is 7.07. The Kier molecular flexibility index (Phi) is 3.17. The summed E-state index contributed by atoms with van der Waals surface area (Å²) < 4.78 is 0. The van der Waals surface area contributed by atoms with Crippen LogP contribution in [0.25, 0.3) is 0 Å². The first-order valence-corrected chi connectivity index (χ1v) is 7.63. The highest BCUT2D eigenvalue weighted by Gasteiger charge is 2.63. The van der Waals surface area contributed by atoms with E-state index in [-0.39, 0.29) is 28.1 Å². The van der Waals surface area contributed by atoms with E-state index in [2.05, 4.69) is 26.1 Å². The van der Waals surface area contributed by atoms with Gasteiger partial charge in [0.15, 0.2) is 5.78 Å². The second kappa shape index (κ2) is 4.70. The zero-order chi connectivity index (χ0) is 16.1. The first kappa shape index (κ1) is 14.8. The van der Waals surface area contributed by atoms with Crippen LogP contribution in [0.15, 0.2) is 36.0 Å². The van der Waals surface area contributed by atoms with Crippen LogP contribution >= 0.6 is 0 Å². The molecule has 0 saturated heterocycles. The number of benzene rings is 1. The molecule has 116 valence electrons. The molecule has 2 atom stereocenters. The molecule has 4 nitrogen and oxygen atoms in total. The smallest absolute Gasteiger partial charge is 0.337 e. The lowest BCUT2D eigenvalue weighted by Gasteiger charge is -2.31. The molecule has 2 aliphatic rings. The normalized spacial score (nSPS) is 30.8. The summed E-state index contributed by atoms with van der Waals surface area (Å²) in [4.78, 5) is 24.0. The molecule has 2 saturated carbocycles. The Morgan fingerprint density at radius 3 is 2.59 bits per heavy atom. The van der Waals surface area contributed by atoms with Crippen LogP contribution in [0, 0.1) is 16.7 Å². The van der Waals surface area contributed by atoms with E-state index in [9.17, 15) is 14.7 Å². The molecule has 22 heavy (non-hydrogen) atoms. The number of carbonyl (C=O) groups excluding carboxylic acids is 1. The first-order valence-electron chi connectivity index (χ1n) is 7.63. The van der Waals surface area contributed by atoms with Crippen LogP contribution < -0.4 is 5.32 Å². The van der Waals surface area contributed by atoms with Gasteiger partial charge in [-0.3, -0.25) is 4.79 Å². The van der Waals surface area contributed by atoms with Crippen LogP contribution in [0.3, 0.4) is 0 Å². The molecule has 1 aromatic rings. The molecule has 0 unspecified atom stereocenters. The molecule has 4 heteroatoms. The van der Waals surface area contributed by atoms with Crippen LogP contribution in [0.2, 0.25) is 0 Å². The lowest BCUT2D eigenvalue weighted by Crippen LogP contribution is -2.32. The van der Waals surface area contributed by atoms with Crippen LogP contribution in [0.5, 0.6) is 0 Å². The largest absolute Gasteiger partial charge is 0.478 e. The molecule has 0 aliphatic heterocycles. The third kappa shape index (κ3) is 1.83. The topological polar surface area (TPSA) is 66.4 Å². The average Bonchev–Trinajstić information content (AvgIpc) is 2.78. The molecule has 2 bridgehead atoms. The van der Waals surface area contributed by atoms with Gasteiger partial charge in [-0.25, -0.2) is 4.79 Å². The third-order valence-corrected chi connectivity index (χ3v) is 5.91. The van der Waals surface area contributed by atoms with E-state index in [1.807, 2.05) is 0 Å². The number of carboxylic acids is 1. The van der Waals surface area contributed by atoms with Crippen molar-refractivity contribution in [2.24, 2.45) is 16.7 Å². The van der Waals surface area contributed by atoms with Gasteiger partial charge >= 0.3 is 5.97 Å². The molecule has 2 fully saturated rings. The summed E-state index contributed by atoms with van der Waals surface area (Å²) in [7, 11) is 0. The summed E-state index contributed by atoms with van der Waals surface area (Å²) in [5.74, 6) is -0.531. The average molecular weight is 299 g/mol. The van der Waals surface area contributed by atoms with Gasteiger partial charge in [-0.1, -0.05) is 32.9 Å². The number of hydrogen-bond donors (Lipinski definition) is 2. The molecule has 0 spiro atoms. The van der Waals surface area contributed by atoms with E-state index in [4.69, 9.17) is 0 Å². The SMILES string of the molecule is CC1(C)[C@@H]2CC[C@]1(C)C(=O)C2=CNc1ccccc1C(=O)O. The van der Waals surface area contributed by atoms with Crippen molar-refractivity contribution in [3.63, 3.8) is 0 Å². The van der Waals surface area contributed by atoms with E-state index >= 15 is 0 Å². The quantitative estimate of drug-likeness (QED) is 0.835. The van der Waals surface area contributed by atoms with Crippen molar-refractivity contribution < 1.29 is 14.7 Å². The minimum Gasteiger partial charge on any atom is -0.478 e. The summed E-state index contributed by atoms with van der Waals surface area (Å²) in [6.07, 6.45) is 3.68. The summed E-state index contributed by atoms with van der Waals surface area (Å²) in [6.45, 7) is 6.38. The molecule has 0 heterocycles. The number of rotatable bonds is 3. The molecule has 2 aliphatic carbocycles. The number of ketones is 1. The summed E-state index contributed by atoms with van der Waals surface area (Å²) in [5, 5.41) is 12.3. The maximum absolute atomic E-state index is 12.7. The van der Waals surface area contributed by atoms with Crippen LogP contribution in [-0.4, -0.2) is 16.9 Å². The molecule has 2 N–H and O–H groups in total. The minimum absolute atomic E-state index is 0.0378. The molecular formula is C18H21NO3. The molecule has 0 amide bonds. The number of carbonyl (C=O) groups is 2. The zero-order valence-corrected chi connectivity index (χ0v) is 13.1. The Morgan fingerprint density at radius 2 is 2.00 bits per heavy atom. The van der Waals surface area contributed by atoms with Crippen molar-refractivity contribution in [1.82, 2.24) is 0 Å². The predicted molar refractivity (Wildman–Crippen MR) is 84.7 cm³/mol. The van der Waals surface area contributed by atoms with Gasteiger partial charge in [-0.05, 0) is 36.3 Å². The van der Waals surface area contributed by atoms with Crippen LogP contribution in [-0.2, 0) is 4.79 Å². The Hall–Kier alpha value is -2.10. The minimum atomic E-state index is -0.979. The number of aromatic carboxylic acids is 1. The van der Waals surface area contributed by atoms with Gasteiger partial charge in [0.05, 0.1) is 11.3 Å². The zero-order valence-electron chi connectivity index (χ0n) is 13.1. The first-order chi connectivity index (χ1) is 10.3. The number of nitrogens with one attached hydrogen (secondary N) is 1. The summed E-state index contributed by atoms with van der Waals surface area (Å²) >= 11 is 0. The predicted octanol–water partition coefficient (Wildman–Crippen LogP) is 3.71. The van der Waals surface area contributed by atoms with Gasteiger partial charge < -0.3 is 10.4 Å². The molecular weight excluding hydrogens is 278 g/mol. The number of para-hydroxylation sites is 1. The lowest BCUT2D eigenvalue weighted by atomic mass is 9.70. The Labute approximate surface area is 130 Å². The van der Waals surface area contributed by atoms with Crippen LogP contribution in [0.4, 0.5) is 5.69 Å². The third-order valence-electron chi connectivity index (χ3n) is 5.91. The van der Waals surface area contributed by atoms with Gasteiger partial charge in [0.1, 0.15) is 0 Å². The standard InChI is InChI=1S/C18H21NO3/c1-17(2)13-8-9-18(17,3)15(20)12(13)10-19-14-7-5-4-6-11(14)16(21)22/h4-7,10,13,19H,8-9H2,1-3H3,(H,21,22)/t13-,18-/m1/s1. The molecule has 1 aromatic carbocycles. The molecule has 3 rings (SSSR count). The van der Waals surface area contributed by atoms with E-state index in [0.29, 0.717) is 5.69 Å². The van der Waals surface area contributed by atoms with Crippen molar-refractivity contribution in [1.29, 1.82) is 0 Å². The Bertz CT molecular complexity index is 689. The summed E-state index contributed by atoms with van der Waals surface area (Å²) in [5.41, 5.74) is 1.20. The number of fused-ring (bicyclic) bond motifs is 2. The van der Waals surface area contributed by atoms with Crippen molar-refractivity contribution in [2.45, 2.75) is 33.6 Å². The molecule has 0 aromatic heterocycles. The highest BCUT2D eigenvalue weighted by atomic mass is 16.4. The van der Waals surface area contributed by atoms with Crippen molar-refractivity contribution in [3.8, 4) is 0 Å². The Balaban J connectivity index is 1.93. The number of hydrogen-bond acceptors (Lipinski definition) is 3. The van der Waals surface area contributed by atoms with E-state index < -0.39 is 5.97 Å². The molecule has 0 radical (unpaired) electrons. The van der Waals surface area contributed by atoms with Crippen molar-refractivity contribution in [3.05, 3.63) is 41.6 Å². The number of carboxylic acid groups (broad SMARTS) is 1. The van der Waals surface area contributed by atoms with Gasteiger partial charge in [0.25, 0.3) is 0 Å². The maximum Gasteiger partial charge on any atom is 0.337 e. The Morgan fingerprint density at radius 1 is 1.32 bits per heavy atom. The highest BCUT2D eigenvalue weighted by molar-refractivity contribution is 6.05.